The number of carbonyl (C=O) groups excluding carboxylic acids is 1. The molecule has 3 aromatic rings. The van der Waals surface area contributed by atoms with Crippen LogP contribution in [-0.2, 0) is 0 Å². The van der Waals surface area contributed by atoms with Gasteiger partial charge >= 0.3 is 0 Å². The van der Waals surface area contributed by atoms with Crippen LogP contribution < -0.4 is 4.74 Å². The first-order valence-electron chi connectivity index (χ1n) is 10.2. The molecule has 8 heteroatoms. The van der Waals surface area contributed by atoms with Gasteiger partial charge in [-0.25, -0.2) is 23.7 Å². The molecule has 1 saturated carbocycles. The SMILES string of the molecule is O=C(c1cc(F)ccc1-c1ncccn1)N1C(COc2ccc(F)cn2)CC2CC1C2. The highest BCUT2D eigenvalue weighted by atomic mass is 19.1. The second-order valence-electron chi connectivity index (χ2n) is 7.98. The van der Waals surface area contributed by atoms with Crippen LogP contribution in [-0.4, -0.2) is 44.4 Å². The van der Waals surface area contributed by atoms with Gasteiger partial charge in [0.05, 0.1) is 17.8 Å². The molecule has 0 spiro atoms. The number of rotatable bonds is 5. The molecule has 6 nitrogen and oxygen atoms in total. The van der Waals surface area contributed by atoms with Crippen molar-refractivity contribution in [3.63, 3.8) is 0 Å². The molecule has 1 aliphatic carbocycles. The Kier molecular flexibility index (Phi) is 5.05. The summed E-state index contributed by atoms with van der Waals surface area (Å²) in [6.45, 7) is 0.240. The van der Waals surface area contributed by atoms with E-state index < -0.39 is 11.6 Å². The van der Waals surface area contributed by atoms with Crippen molar-refractivity contribution >= 4 is 5.91 Å². The maximum absolute atomic E-state index is 14.1. The fraction of sp³-hybridized carbons (Fsp3) is 0.304. The largest absolute Gasteiger partial charge is 0.475 e. The summed E-state index contributed by atoms with van der Waals surface area (Å²) in [6.07, 6.45) is 6.94. The topological polar surface area (TPSA) is 68.2 Å². The van der Waals surface area contributed by atoms with Crippen molar-refractivity contribution in [2.45, 2.75) is 31.3 Å². The van der Waals surface area contributed by atoms with Crippen LogP contribution in [0.5, 0.6) is 5.88 Å². The molecule has 158 valence electrons. The summed E-state index contributed by atoms with van der Waals surface area (Å²) in [5.41, 5.74) is 0.731. The lowest BCUT2D eigenvalue weighted by atomic mass is 9.70. The summed E-state index contributed by atoms with van der Waals surface area (Å²) in [5.74, 6) is 0.0357. The molecule has 31 heavy (non-hydrogen) atoms. The molecule has 6 rings (SSSR count). The number of pyridine rings is 1. The fourth-order valence-electron chi connectivity index (χ4n) is 4.49. The van der Waals surface area contributed by atoms with E-state index in [1.165, 1.54) is 24.3 Å². The smallest absolute Gasteiger partial charge is 0.255 e. The average Bonchev–Trinajstić information content (AvgIpc) is 2.78. The van der Waals surface area contributed by atoms with Crippen LogP contribution in [0.1, 0.15) is 29.6 Å². The molecule has 2 saturated heterocycles. The third-order valence-electron chi connectivity index (χ3n) is 5.98. The molecule has 1 atom stereocenters. The highest BCUT2D eigenvalue weighted by Crippen LogP contribution is 2.44. The molecule has 1 aromatic carbocycles. The number of piperidine rings is 2. The summed E-state index contributed by atoms with van der Waals surface area (Å²) in [4.78, 5) is 27.8. The standard InChI is InChI=1S/C23H20F2N4O2/c24-15-2-4-19(22-26-6-1-7-27-22)20(11-15)23(30)29-17-8-14(9-17)10-18(29)13-31-21-5-3-16(25)12-28-21/h1-7,11-12,14,17-18H,8-10,13H2. The quantitative estimate of drug-likeness (QED) is 0.624. The van der Waals surface area contributed by atoms with Crippen molar-refractivity contribution in [3.05, 3.63) is 72.2 Å². The molecule has 4 heterocycles. The second kappa shape index (κ2) is 8.02. The molecule has 1 unspecified atom stereocenters. The Morgan fingerprint density at radius 3 is 2.55 bits per heavy atom. The van der Waals surface area contributed by atoms with Crippen molar-refractivity contribution in [1.29, 1.82) is 0 Å². The number of ether oxygens (including phenoxy) is 1. The Morgan fingerprint density at radius 2 is 1.81 bits per heavy atom. The third-order valence-corrected chi connectivity index (χ3v) is 5.98. The average molecular weight is 422 g/mol. The van der Waals surface area contributed by atoms with Gasteiger partial charge in [-0.3, -0.25) is 4.79 Å². The van der Waals surface area contributed by atoms with Gasteiger partial charge < -0.3 is 9.64 Å². The van der Waals surface area contributed by atoms with Crippen LogP contribution in [0.3, 0.4) is 0 Å². The molecule has 2 aliphatic heterocycles. The van der Waals surface area contributed by atoms with Gasteiger partial charge in [-0.15, -0.1) is 0 Å². The molecule has 2 bridgehead atoms. The van der Waals surface area contributed by atoms with Gasteiger partial charge in [-0.2, -0.15) is 0 Å². The fourth-order valence-corrected chi connectivity index (χ4v) is 4.49. The first-order chi connectivity index (χ1) is 15.1. The lowest BCUT2D eigenvalue weighted by Gasteiger charge is -2.53. The van der Waals surface area contributed by atoms with Crippen LogP contribution >= 0.6 is 0 Å². The molecular formula is C23H20F2N4O2. The van der Waals surface area contributed by atoms with E-state index in [-0.39, 0.29) is 30.2 Å². The predicted octanol–water partition coefficient (Wildman–Crippen LogP) is 3.89. The van der Waals surface area contributed by atoms with Gasteiger partial charge in [-0.05, 0) is 55.5 Å². The Morgan fingerprint density at radius 1 is 1.03 bits per heavy atom. The predicted molar refractivity (Wildman–Crippen MR) is 108 cm³/mol. The number of benzene rings is 1. The zero-order chi connectivity index (χ0) is 21.4. The lowest BCUT2D eigenvalue weighted by molar-refractivity contribution is -0.0310. The van der Waals surface area contributed by atoms with Gasteiger partial charge in [0, 0.05) is 30.1 Å². The van der Waals surface area contributed by atoms with Gasteiger partial charge in [0.1, 0.15) is 18.2 Å². The van der Waals surface area contributed by atoms with E-state index >= 15 is 0 Å². The number of hydrogen-bond donors (Lipinski definition) is 0. The van der Waals surface area contributed by atoms with Crippen LogP contribution in [0.25, 0.3) is 11.4 Å². The van der Waals surface area contributed by atoms with Gasteiger partial charge in [0.15, 0.2) is 5.82 Å². The van der Waals surface area contributed by atoms with Crippen molar-refractivity contribution in [1.82, 2.24) is 19.9 Å². The normalized spacial score (nSPS) is 22.0. The molecule has 0 N–H and O–H groups in total. The summed E-state index contributed by atoms with van der Waals surface area (Å²) in [7, 11) is 0. The van der Waals surface area contributed by atoms with E-state index in [0.29, 0.717) is 23.2 Å². The van der Waals surface area contributed by atoms with Crippen molar-refractivity contribution in [2.75, 3.05) is 6.61 Å². The van der Waals surface area contributed by atoms with E-state index in [9.17, 15) is 13.6 Å². The zero-order valence-corrected chi connectivity index (χ0v) is 16.6. The van der Waals surface area contributed by atoms with E-state index in [1.54, 1.807) is 24.5 Å². The number of amides is 1. The first-order valence-corrected chi connectivity index (χ1v) is 10.2. The number of carbonyl (C=O) groups is 1. The monoisotopic (exact) mass is 422 g/mol. The molecule has 3 fully saturated rings. The Balaban J connectivity index is 1.43. The zero-order valence-electron chi connectivity index (χ0n) is 16.6. The third kappa shape index (κ3) is 3.85. The van der Waals surface area contributed by atoms with Crippen LogP contribution in [0, 0.1) is 17.6 Å². The molecule has 0 radical (unpaired) electrons. The van der Waals surface area contributed by atoms with E-state index in [2.05, 4.69) is 15.0 Å². The Hall–Kier alpha value is -3.42. The van der Waals surface area contributed by atoms with Gasteiger partial charge in [-0.1, -0.05) is 0 Å². The van der Waals surface area contributed by atoms with Crippen LogP contribution in [0.4, 0.5) is 8.78 Å². The summed E-state index contributed by atoms with van der Waals surface area (Å²) in [6, 6.07) is 8.44. The molecule has 2 aromatic heterocycles. The number of fused-ring (bicyclic) bond motifs is 2. The Bertz CT molecular complexity index is 1090. The number of nitrogens with zero attached hydrogens (tertiary/aromatic N) is 4. The minimum Gasteiger partial charge on any atom is -0.475 e. The van der Waals surface area contributed by atoms with E-state index in [1.807, 2.05) is 4.90 Å². The first kappa shape index (κ1) is 19.5. The maximum atomic E-state index is 14.1. The van der Waals surface area contributed by atoms with Crippen LogP contribution in [0.2, 0.25) is 0 Å². The van der Waals surface area contributed by atoms with Gasteiger partial charge in [0.25, 0.3) is 5.91 Å². The van der Waals surface area contributed by atoms with Crippen molar-refractivity contribution < 1.29 is 18.3 Å². The van der Waals surface area contributed by atoms with Gasteiger partial charge in [0.2, 0.25) is 5.88 Å². The highest BCUT2D eigenvalue weighted by Gasteiger charge is 2.47. The van der Waals surface area contributed by atoms with Crippen molar-refractivity contribution in [2.24, 2.45) is 5.92 Å². The number of halogens is 2. The molecule has 3 aliphatic rings. The lowest BCUT2D eigenvalue weighted by Crippen LogP contribution is -2.60. The Labute approximate surface area is 177 Å². The van der Waals surface area contributed by atoms with Crippen molar-refractivity contribution in [3.8, 4) is 17.3 Å². The summed E-state index contributed by atoms with van der Waals surface area (Å²) >= 11 is 0. The van der Waals surface area contributed by atoms with E-state index in [4.69, 9.17) is 4.74 Å². The minimum absolute atomic E-state index is 0.0915. The van der Waals surface area contributed by atoms with E-state index in [0.717, 1.165) is 25.5 Å². The summed E-state index contributed by atoms with van der Waals surface area (Å²) < 4.78 is 33.0. The molecule has 1 amide bonds. The van der Waals surface area contributed by atoms with Crippen LogP contribution in [0.15, 0.2) is 55.0 Å². The maximum Gasteiger partial charge on any atom is 0.255 e. The second-order valence-corrected chi connectivity index (χ2v) is 7.98. The number of aromatic nitrogens is 3. The number of hydrogen-bond acceptors (Lipinski definition) is 5. The summed E-state index contributed by atoms with van der Waals surface area (Å²) in [5, 5.41) is 0. The minimum atomic E-state index is -0.491. The highest BCUT2D eigenvalue weighted by molar-refractivity contribution is 6.00. The molecular weight excluding hydrogens is 402 g/mol.